The summed E-state index contributed by atoms with van der Waals surface area (Å²) in [7, 11) is 0. The topological polar surface area (TPSA) is 53.1 Å². The standard InChI is InChI=1S/C10H9NO2/c12-10(13)5-7-6-11-9-4-2-1-3-8(7)9/h1-4,6,11H,5H2,(H,12,13)/i6+2. The predicted molar refractivity (Wildman–Crippen MR) is 49.6 cm³/mol. The summed E-state index contributed by atoms with van der Waals surface area (Å²) in [5.74, 6) is -0.801. The predicted octanol–water partition coefficient (Wildman–Crippen LogP) is 1.79. The summed E-state index contributed by atoms with van der Waals surface area (Å²) in [6.45, 7) is 0. The fourth-order valence-electron chi connectivity index (χ4n) is 1.44. The number of benzene rings is 1. The molecule has 0 aliphatic heterocycles. The highest BCUT2D eigenvalue weighted by molar-refractivity contribution is 5.86. The third-order valence-electron chi connectivity index (χ3n) is 2.02. The lowest BCUT2D eigenvalue weighted by Crippen LogP contribution is -1.98. The minimum absolute atomic E-state index is 0.0734. The molecule has 0 saturated carbocycles. The first-order chi connectivity index (χ1) is 6.27. The lowest BCUT2D eigenvalue weighted by atomic mass is 10.2. The third kappa shape index (κ3) is 1.40. The smallest absolute Gasteiger partial charge is 0.307 e. The van der Waals surface area contributed by atoms with Gasteiger partial charge in [-0.05, 0) is 11.6 Å². The third-order valence-corrected chi connectivity index (χ3v) is 2.02. The molecule has 0 amide bonds. The zero-order chi connectivity index (χ0) is 9.26. The molecule has 0 unspecified atom stereocenters. The van der Waals surface area contributed by atoms with Gasteiger partial charge >= 0.3 is 5.97 Å². The van der Waals surface area contributed by atoms with Crippen molar-refractivity contribution in [2.24, 2.45) is 0 Å². The second-order valence-electron chi connectivity index (χ2n) is 2.93. The monoisotopic (exact) mass is 177 g/mol. The van der Waals surface area contributed by atoms with E-state index in [4.69, 9.17) is 5.11 Å². The van der Waals surface area contributed by atoms with E-state index < -0.39 is 5.97 Å². The van der Waals surface area contributed by atoms with Crippen LogP contribution in [0.15, 0.2) is 30.5 Å². The average Bonchev–Trinajstić information content (AvgIpc) is 2.48. The molecule has 0 aliphatic carbocycles. The van der Waals surface area contributed by atoms with E-state index in [2.05, 4.69) is 4.98 Å². The fourth-order valence-corrected chi connectivity index (χ4v) is 1.44. The van der Waals surface area contributed by atoms with E-state index in [0.717, 1.165) is 16.5 Å². The molecule has 0 fully saturated rings. The Kier molecular flexibility index (Phi) is 1.77. The molecular weight excluding hydrogens is 168 g/mol. The summed E-state index contributed by atoms with van der Waals surface area (Å²) in [6.07, 6.45) is 1.82. The maximum Gasteiger partial charge on any atom is 0.307 e. The Labute approximate surface area is 75.0 Å². The Morgan fingerprint density at radius 3 is 3.00 bits per heavy atom. The van der Waals surface area contributed by atoms with Crippen LogP contribution in [0.4, 0.5) is 0 Å². The largest absolute Gasteiger partial charge is 0.481 e. The Morgan fingerprint density at radius 1 is 1.46 bits per heavy atom. The van der Waals surface area contributed by atoms with Crippen molar-refractivity contribution in [1.29, 1.82) is 0 Å². The van der Waals surface area contributed by atoms with Crippen molar-refractivity contribution in [1.82, 2.24) is 4.98 Å². The summed E-state index contributed by atoms with van der Waals surface area (Å²) in [5, 5.41) is 9.62. The van der Waals surface area contributed by atoms with E-state index in [0.29, 0.717) is 0 Å². The van der Waals surface area contributed by atoms with Gasteiger partial charge in [0.1, 0.15) is 0 Å². The molecular formula is C10H9NO2. The van der Waals surface area contributed by atoms with Crippen molar-refractivity contribution in [3.05, 3.63) is 36.0 Å². The number of nitrogens with one attached hydrogen (secondary N) is 1. The highest BCUT2D eigenvalue weighted by Gasteiger charge is 2.05. The lowest BCUT2D eigenvalue weighted by molar-refractivity contribution is -0.136. The number of hydrogen-bond acceptors (Lipinski definition) is 1. The number of carbonyl (C=O) groups is 1. The number of aromatic nitrogens is 1. The van der Waals surface area contributed by atoms with Crippen LogP contribution in [0, 0.1) is 0 Å². The molecule has 1 aromatic heterocycles. The van der Waals surface area contributed by atoms with E-state index in [1.165, 1.54) is 0 Å². The number of H-pyrrole nitrogens is 1. The van der Waals surface area contributed by atoms with Gasteiger partial charge in [0.15, 0.2) is 0 Å². The van der Waals surface area contributed by atoms with Gasteiger partial charge in [0, 0.05) is 17.1 Å². The van der Waals surface area contributed by atoms with Gasteiger partial charge in [-0.1, -0.05) is 18.2 Å². The fraction of sp³-hybridized carbons (Fsp3) is 0.100. The van der Waals surface area contributed by atoms with Crippen LogP contribution in [0.2, 0.25) is 0 Å². The Balaban J connectivity index is 2.51. The van der Waals surface area contributed by atoms with E-state index in [1.54, 1.807) is 6.20 Å². The molecule has 0 spiro atoms. The summed E-state index contributed by atoms with van der Waals surface area (Å²) < 4.78 is 0. The number of para-hydroxylation sites is 1. The molecule has 1 heterocycles. The zero-order valence-electron chi connectivity index (χ0n) is 6.95. The summed E-state index contributed by atoms with van der Waals surface area (Å²) >= 11 is 0. The van der Waals surface area contributed by atoms with Crippen LogP contribution in [0.5, 0.6) is 0 Å². The quantitative estimate of drug-likeness (QED) is 0.734. The first-order valence-corrected chi connectivity index (χ1v) is 4.04. The van der Waals surface area contributed by atoms with E-state index in [1.807, 2.05) is 24.3 Å². The minimum atomic E-state index is -0.801. The van der Waals surface area contributed by atoms with Gasteiger partial charge in [-0.25, -0.2) is 0 Å². The van der Waals surface area contributed by atoms with Gasteiger partial charge in [0.25, 0.3) is 0 Å². The van der Waals surface area contributed by atoms with Crippen molar-refractivity contribution >= 4 is 16.9 Å². The van der Waals surface area contributed by atoms with Gasteiger partial charge < -0.3 is 10.1 Å². The van der Waals surface area contributed by atoms with Gasteiger partial charge in [-0.3, -0.25) is 4.79 Å². The van der Waals surface area contributed by atoms with Gasteiger partial charge in [-0.2, -0.15) is 0 Å². The van der Waals surface area contributed by atoms with Crippen LogP contribution in [0.1, 0.15) is 5.56 Å². The number of carboxylic acids is 1. The lowest BCUT2D eigenvalue weighted by Gasteiger charge is -1.92. The van der Waals surface area contributed by atoms with Crippen molar-refractivity contribution in [2.45, 2.75) is 6.42 Å². The second-order valence-corrected chi connectivity index (χ2v) is 2.93. The maximum atomic E-state index is 10.5. The molecule has 0 bridgehead atoms. The first kappa shape index (κ1) is 7.86. The number of hydrogen-bond donors (Lipinski definition) is 2. The average molecular weight is 177 g/mol. The van der Waals surface area contributed by atoms with Crippen molar-refractivity contribution < 1.29 is 9.90 Å². The molecule has 0 atom stereocenters. The Morgan fingerprint density at radius 2 is 2.23 bits per heavy atom. The van der Waals surface area contributed by atoms with Gasteiger partial charge in [-0.15, -0.1) is 0 Å². The number of aliphatic carboxylic acids is 1. The summed E-state index contributed by atoms with van der Waals surface area (Å²) in [5.41, 5.74) is 1.82. The number of carboxylic acid groups (broad SMARTS) is 1. The Hall–Kier alpha value is -1.77. The van der Waals surface area contributed by atoms with Crippen LogP contribution in [-0.2, 0) is 11.2 Å². The van der Waals surface area contributed by atoms with E-state index >= 15 is 0 Å². The van der Waals surface area contributed by atoms with Crippen LogP contribution in [0.3, 0.4) is 0 Å². The van der Waals surface area contributed by atoms with Crippen molar-refractivity contribution in [3.63, 3.8) is 0 Å². The van der Waals surface area contributed by atoms with Gasteiger partial charge in [0.05, 0.1) is 6.42 Å². The second kappa shape index (κ2) is 2.94. The molecule has 2 N–H and O–H groups in total. The highest BCUT2D eigenvalue weighted by atomic mass is 16.4. The number of rotatable bonds is 2. The summed E-state index contributed by atoms with van der Waals surface area (Å²) in [4.78, 5) is 13.5. The van der Waals surface area contributed by atoms with Gasteiger partial charge in [0.2, 0.25) is 0 Å². The SMILES string of the molecule is O=C(O)Cc1[14cH][nH]c2ccccc12. The van der Waals surface area contributed by atoms with E-state index in [9.17, 15) is 4.79 Å². The summed E-state index contributed by atoms with van der Waals surface area (Å²) in [6, 6.07) is 7.68. The maximum absolute atomic E-state index is 10.5. The molecule has 13 heavy (non-hydrogen) atoms. The molecule has 3 heteroatoms. The van der Waals surface area contributed by atoms with Crippen LogP contribution in [-0.4, -0.2) is 16.1 Å². The highest BCUT2D eigenvalue weighted by Crippen LogP contribution is 2.17. The molecule has 0 radical (unpaired) electrons. The minimum Gasteiger partial charge on any atom is -0.481 e. The molecule has 3 nitrogen and oxygen atoms in total. The van der Waals surface area contributed by atoms with Crippen LogP contribution in [0.25, 0.3) is 10.9 Å². The van der Waals surface area contributed by atoms with Crippen LogP contribution >= 0.6 is 0 Å². The van der Waals surface area contributed by atoms with Crippen LogP contribution < -0.4 is 0 Å². The zero-order valence-corrected chi connectivity index (χ0v) is 6.95. The molecule has 66 valence electrons. The van der Waals surface area contributed by atoms with Crippen molar-refractivity contribution in [3.8, 4) is 0 Å². The van der Waals surface area contributed by atoms with E-state index in [-0.39, 0.29) is 6.42 Å². The first-order valence-electron chi connectivity index (χ1n) is 4.04. The molecule has 2 rings (SSSR count). The van der Waals surface area contributed by atoms with Crippen molar-refractivity contribution in [2.75, 3.05) is 0 Å². The molecule has 1 aromatic carbocycles. The molecule has 0 saturated heterocycles. The molecule has 0 aliphatic rings. The number of aromatic amines is 1. The molecule has 2 aromatic rings. The number of fused-ring (bicyclic) bond motifs is 1. The normalized spacial score (nSPS) is 10.5. The Bertz CT molecular complexity index is 445.